The third-order valence-electron chi connectivity index (χ3n) is 4.18. The monoisotopic (exact) mass is 409 g/mol. The fraction of sp³-hybridized carbons (Fsp3) is 0.261. The number of nitrogens with one attached hydrogen (secondary N) is 3. The van der Waals surface area contributed by atoms with E-state index in [0.29, 0.717) is 17.3 Å². The van der Waals surface area contributed by atoms with Crippen LogP contribution in [0.3, 0.4) is 0 Å². The van der Waals surface area contributed by atoms with Crippen molar-refractivity contribution in [3.05, 3.63) is 65.7 Å². The molecule has 0 spiro atoms. The molecule has 0 aliphatic carbocycles. The summed E-state index contributed by atoms with van der Waals surface area (Å²) in [5.74, 6) is -0.0263. The molecule has 0 saturated heterocycles. The van der Waals surface area contributed by atoms with Gasteiger partial charge in [0.1, 0.15) is 0 Å². The summed E-state index contributed by atoms with van der Waals surface area (Å²) in [6.45, 7) is 7.93. The topological polar surface area (TPSA) is 70.2 Å². The van der Waals surface area contributed by atoms with Crippen LogP contribution >= 0.6 is 12.2 Å². The molecule has 29 heavy (non-hydrogen) atoms. The number of carbonyl (C=O) groups excluding carboxylic acids is 2. The molecule has 2 rings (SSSR count). The van der Waals surface area contributed by atoms with Crippen LogP contribution < -0.4 is 16.0 Å². The number of hydrogen-bond acceptors (Lipinski definition) is 3. The lowest BCUT2D eigenvalue weighted by Gasteiger charge is -2.11. The molecule has 0 aliphatic rings. The minimum atomic E-state index is -0.320. The van der Waals surface area contributed by atoms with Gasteiger partial charge in [0.25, 0.3) is 0 Å². The van der Waals surface area contributed by atoms with Gasteiger partial charge in [0, 0.05) is 23.4 Å². The Morgan fingerprint density at radius 1 is 0.931 bits per heavy atom. The van der Waals surface area contributed by atoms with E-state index >= 15 is 0 Å². The van der Waals surface area contributed by atoms with Crippen LogP contribution in [-0.2, 0) is 9.59 Å². The number of anilines is 2. The summed E-state index contributed by atoms with van der Waals surface area (Å²) in [5, 5.41) is 8.57. The van der Waals surface area contributed by atoms with E-state index in [9.17, 15) is 9.59 Å². The van der Waals surface area contributed by atoms with Crippen molar-refractivity contribution < 1.29 is 9.59 Å². The van der Waals surface area contributed by atoms with E-state index in [1.165, 1.54) is 11.6 Å². The first-order valence-electron chi connectivity index (χ1n) is 9.55. The Kier molecular flexibility index (Phi) is 8.09. The highest BCUT2D eigenvalue weighted by Crippen LogP contribution is 2.16. The second-order valence-corrected chi connectivity index (χ2v) is 7.73. The lowest BCUT2D eigenvalue weighted by molar-refractivity contribution is -0.119. The highest BCUT2D eigenvalue weighted by molar-refractivity contribution is 7.80. The molecule has 0 radical (unpaired) electrons. The summed E-state index contributed by atoms with van der Waals surface area (Å²) in [5.41, 5.74) is 3.53. The molecule has 0 atom stereocenters. The van der Waals surface area contributed by atoms with E-state index in [0.717, 1.165) is 5.56 Å². The van der Waals surface area contributed by atoms with Gasteiger partial charge in [-0.25, -0.2) is 0 Å². The van der Waals surface area contributed by atoms with Gasteiger partial charge in [0.05, 0.1) is 0 Å². The van der Waals surface area contributed by atoms with E-state index in [2.05, 4.69) is 41.9 Å². The van der Waals surface area contributed by atoms with Crippen molar-refractivity contribution in [2.75, 3.05) is 10.6 Å². The van der Waals surface area contributed by atoms with E-state index in [-0.39, 0.29) is 22.8 Å². The molecule has 0 unspecified atom stereocenters. The molecule has 0 heterocycles. The standard InChI is InChI=1S/C23H27N3O2S/c1-15(2)18-11-8-17(9-12-18)10-13-21(27)26-23(29)25-20-7-5-6-19(14-20)24-22(28)16(3)4/h5-16H,1-4H3,(H,24,28)(H2,25,26,27,29)/b13-10+. The minimum Gasteiger partial charge on any atom is -0.332 e. The zero-order valence-electron chi connectivity index (χ0n) is 17.2. The molecular formula is C23H27N3O2S. The Labute approximate surface area is 177 Å². The molecule has 152 valence electrons. The summed E-state index contributed by atoms with van der Waals surface area (Å²) in [7, 11) is 0. The number of thiocarbonyl (C=S) groups is 1. The van der Waals surface area contributed by atoms with Gasteiger partial charge in [0.15, 0.2) is 5.11 Å². The third kappa shape index (κ3) is 7.50. The first kappa shape index (κ1) is 22.3. The average molecular weight is 410 g/mol. The zero-order valence-corrected chi connectivity index (χ0v) is 18.0. The predicted octanol–water partition coefficient (Wildman–Crippen LogP) is 4.93. The number of carbonyl (C=O) groups is 2. The van der Waals surface area contributed by atoms with E-state index in [4.69, 9.17) is 12.2 Å². The van der Waals surface area contributed by atoms with Crippen molar-refractivity contribution in [3.63, 3.8) is 0 Å². The van der Waals surface area contributed by atoms with E-state index < -0.39 is 0 Å². The van der Waals surface area contributed by atoms with Crippen LogP contribution in [0.4, 0.5) is 11.4 Å². The Morgan fingerprint density at radius 2 is 1.55 bits per heavy atom. The quantitative estimate of drug-likeness (QED) is 0.467. The number of hydrogen-bond donors (Lipinski definition) is 3. The molecule has 0 aromatic heterocycles. The first-order chi connectivity index (χ1) is 13.7. The molecule has 2 aromatic rings. The largest absolute Gasteiger partial charge is 0.332 e. The summed E-state index contributed by atoms with van der Waals surface area (Å²) in [6, 6.07) is 15.2. The Bertz CT molecular complexity index is 903. The SMILES string of the molecule is CC(C)C(=O)Nc1cccc(NC(=S)NC(=O)/C=C/c2ccc(C(C)C)cc2)c1. The van der Waals surface area contributed by atoms with E-state index in [1.54, 1.807) is 30.3 Å². The zero-order chi connectivity index (χ0) is 21.4. The molecule has 2 amide bonds. The van der Waals surface area contributed by atoms with Gasteiger partial charge in [0.2, 0.25) is 11.8 Å². The Hall–Kier alpha value is -2.99. The average Bonchev–Trinajstić information content (AvgIpc) is 2.66. The van der Waals surface area contributed by atoms with Crippen molar-refractivity contribution in [3.8, 4) is 0 Å². The lowest BCUT2D eigenvalue weighted by atomic mass is 10.0. The van der Waals surface area contributed by atoms with Gasteiger partial charge >= 0.3 is 0 Å². The number of amides is 2. The smallest absolute Gasteiger partial charge is 0.250 e. The second-order valence-electron chi connectivity index (χ2n) is 7.32. The summed E-state index contributed by atoms with van der Waals surface area (Å²) < 4.78 is 0. The maximum atomic E-state index is 12.1. The summed E-state index contributed by atoms with van der Waals surface area (Å²) in [4.78, 5) is 23.9. The van der Waals surface area contributed by atoms with Crippen LogP contribution in [0.15, 0.2) is 54.6 Å². The Balaban J connectivity index is 1.90. The van der Waals surface area contributed by atoms with Crippen molar-refractivity contribution in [1.82, 2.24) is 5.32 Å². The first-order valence-corrected chi connectivity index (χ1v) is 9.96. The van der Waals surface area contributed by atoms with Gasteiger partial charge in [-0.1, -0.05) is 58.0 Å². The van der Waals surface area contributed by atoms with Crippen molar-refractivity contribution in [2.45, 2.75) is 33.6 Å². The van der Waals surface area contributed by atoms with Crippen LogP contribution in [0.2, 0.25) is 0 Å². The van der Waals surface area contributed by atoms with Crippen LogP contribution in [0.5, 0.6) is 0 Å². The Morgan fingerprint density at radius 3 is 2.14 bits per heavy atom. The normalized spacial score (nSPS) is 11.0. The van der Waals surface area contributed by atoms with Gasteiger partial charge < -0.3 is 10.6 Å². The molecule has 0 aliphatic heterocycles. The second kappa shape index (κ2) is 10.5. The van der Waals surface area contributed by atoms with Crippen LogP contribution in [-0.4, -0.2) is 16.9 Å². The van der Waals surface area contributed by atoms with Crippen LogP contribution in [0.1, 0.15) is 44.7 Å². The van der Waals surface area contributed by atoms with Gasteiger partial charge in [-0.3, -0.25) is 14.9 Å². The maximum Gasteiger partial charge on any atom is 0.250 e. The van der Waals surface area contributed by atoms with E-state index in [1.807, 2.05) is 26.0 Å². The lowest BCUT2D eigenvalue weighted by Crippen LogP contribution is -2.32. The molecule has 3 N–H and O–H groups in total. The maximum absolute atomic E-state index is 12.1. The fourth-order valence-corrected chi connectivity index (χ4v) is 2.66. The number of rotatable bonds is 6. The fourth-order valence-electron chi connectivity index (χ4n) is 2.44. The highest BCUT2D eigenvalue weighted by atomic mass is 32.1. The highest BCUT2D eigenvalue weighted by Gasteiger charge is 2.08. The van der Waals surface area contributed by atoms with Gasteiger partial charge in [-0.15, -0.1) is 0 Å². The third-order valence-corrected chi connectivity index (χ3v) is 4.38. The van der Waals surface area contributed by atoms with Crippen LogP contribution in [0.25, 0.3) is 6.08 Å². The molecule has 0 fully saturated rings. The van der Waals surface area contributed by atoms with Crippen molar-refractivity contribution in [1.29, 1.82) is 0 Å². The molecule has 6 heteroatoms. The predicted molar refractivity (Wildman–Crippen MR) is 124 cm³/mol. The summed E-state index contributed by atoms with van der Waals surface area (Å²) in [6.07, 6.45) is 3.18. The number of benzene rings is 2. The minimum absolute atomic E-state index is 0.0652. The van der Waals surface area contributed by atoms with Crippen LogP contribution in [0, 0.1) is 5.92 Å². The molecule has 2 aromatic carbocycles. The van der Waals surface area contributed by atoms with Crippen molar-refractivity contribution in [2.24, 2.45) is 5.92 Å². The van der Waals surface area contributed by atoms with Gasteiger partial charge in [-0.2, -0.15) is 0 Å². The molecule has 0 saturated carbocycles. The molecule has 5 nitrogen and oxygen atoms in total. The van der Waals surface area contributed by atoms with Crippen molar-refractivity contribution >= 4 is 46.6 Å². The molecule has 0 bridgehead atoms. The molecular weight excluding hydrogens is 382 g/mol. The van der Waals surface area contributed by atoms with Gasteiger partial charge in [-0.05, 0) is 53.5 Å². The summed E-state index contributed by atoms with van der Waals surface area (Å²) >= 11 is 5.20.